The lowest BCUT2D eigenvalue weighted by Crippen LogP contribution is -2.61. The van der Waals surface area contributed by atoms with Gasteiger partial charge in [-0.3, -0.25) is 14.4 Å². The molecule has 3 fully saturated rings. The number of rotatable bonds is 10. The average molecular weight is 528 g/mol. The second-order valence-electron chi connectivity index (χ2n) is 13.2. The molecule has 3 aliphatic rings. The fraction of sp³-hybridized carbons (Fsp3) is 0.700. The molecule has 3 heterocycles. The minimum Gasteiger partial charge on any atom is -0.394 e. The fourth-order valence-electron chi connectivity index (χ4n) is 7.36. The second kappa shape index (κ2) is 10.6. The molecule has 1 aromatic rings. The van der Waals surface area contributed by atoms with Gasteiger partial charge in [0, 0.05) is 12.1 Å². The van der Waals surface area contributed by atoms with Crippen LogP contribution in [0.5, 0.6) is 0 Å². The third-order valence-electron chi connectivity index (χ3n) is 8.19. The Bertz CT molecular complexity index is 1040. The van der Waals surface area contributed by atoms with E-state index in [-0.39, 0.29) is 35.8 Å². The Balaban J connectivity index is 1.72. The standard InChI is InChI=1S/C30H45N3O5/c1-7-15-31-25(35)22-21-13-14-30(38-21)23(22)27(37)33(20(17-34)16-19-11-9-8-10-12-19)24(30)26(36)32-29(5,6)18-28(2,3)4/h8-12,20-24,34H,7,13-18H2,1-6H3,(H,31,35)(H,32,36)/t20-,21-,22+,23+,24?,30?/m1/s1. The predicted octanol–water partition coefficient (Wildman–Crippen LogP) is 2.82. The van der Waals surface area contributed by atoms with Gasteiger partial charge >= 0.3 is 0 Å². The molecule has 0 saturated carbocycles. The van der Waals surface area contributed by atoms with Crippen molar-refractivity contribution < 1.29 is 24.2 Å². The van der Waals surface area contributed by atoms with Gasteiger partial charge in [0.2, 0.25) is 17.7 Å². The van der Waals surface area contributed by atoms with Gasteiger partial charge in [-0.2, -0.15) is 0 Å². The number of aliphatic hydroxyl groups excluding tert-OH is 1. The number of carbonyl (C=O) groups excluding carboxylic acids is 3. The van der Waals surface area contributed by atoms with E-state index in [2.05, 4.69) is 31.4 Å². The third kappa shape index (κ3) is 5.34. The Kier molecular flexibility index (Phi) is 7.97. The van der Waals surface area contributed by atoms with Crippen LogP contribution in [0.4, 0.5) is 0 Å². The van der Waals surface area contributed by atoms with Crippen LogP contribution < -0.4 is 10.6 Å². The smallest absolute Gasteiger partial charge is 0.246 e. The summed E-state index contributed by atoms with van der Waals surface area (Å²) in [5.41, 5.74) is -0.665. The molecule has 3 saturated heterocycles. The summed E-state index contributed by atoms with van der Waals surface area (Å²) in [5.74, 6) is -2.12. The van der Waals surface area contributed by atoms with Crippen molar-refractivity contribution >= 4 is 17.7 Å². The van der Waals surface area contributed by atoms with Crippen LogP contribution in [0.1, 0.15) is 72.8 Å². The van der Waals surface area contributed by atoms with E-state index < -0.39 is 35.1 Å². The molecule has 0 radical (unpaired) electrons. The number of fused-ring (bicyclic) bond motifs is 1. The van der Waals surface area contributed by atoms with Gasteiger partial charge in [0.05, 0.1) is 30.6 Å². The predicted molar refractivity (Wildman–Crippen MR) is 145 cm³/mol. The minimum atomic E-state index is -1.08. The SMILES string of the molecule is CCCNC(=O)[C@@H]1[C@H]2C(=O)N([C@@H](CO)Cc3ccccc3)C(C(=O)NC(C)(C)CC(C)(C)C)C23CC[C@H]1O3. The van der Waals surface area contributed by atoms with Crippen LogP contribution in [-0.2, 0) is 25.5 Å². The van der Waals surface area contributed by atoms with Gasteiger partial charge in [0.1, 0.15) is 11.6 Å². The van der Waals surface area contributed by atoms with Crippen molar-refractivity contribution in [3.05, 3.63) is 35.9 Å². The number of carbonyl (C=O) groups is 3. The van der Waals surface area contributed by atoms with Crippen molar-refractivity contribution in [2.75, 3.05) is 13.2 Å². The van der Waals surface area contributed by atoms with Gasteiger partial charge in [-0.1, -0.05) is 58.0 Å². The number of hydrogen-bond acceptors (Lipinski definition) is 5. The number of aliphatic hydroxyl groups is 1. The lowest BCUT2D eigenvalue weighted by Gasteiger charge is -2.40. The molecule has 6 atom stereocenters. The van der Waals surface area contributed by atoms with Gasteiger partial charge in [-0.25, -0.2) is 0 Å². The monoisotopic (exact) mass is 527 g/mol. The van der Waals surface area contributed by atoms with Crippen LogP contribution in [0.3, 0.4) is 0 Å². The maximum absolute atomic E-state index is 14.2. The minimum absolute atomic E-state index is 0.0193. The summed E-state index contributed by atoms with van der Waals surface area (Å²) in [6.07, 6.45) is 2.70. The number of ether oxygens (including phenoxy) is 1. The van der Waals surface area contributed by atoms with E-state index in [4.69, 9.17) is 4.74 Å². The fourth-order valence-corrected chi connectivity index (χ4v) is 7.36. The molecule has 2 unspecified atom stereocenters. The summed E-state index contributed by atoms with van der Waals surface area (Å²) in [5, 5.41) is 16.7. The first-order valence-electron chi connectivity index (χ1n) is 14.1. The molecule has 8 heteroatoms. The molecule has 3 aliphatic heterocycles. The maximum Gasteiger partial charge on any atom is 0.246 e. The summed E-state index contributed by atoms with van der Waals surface area (Å²) in [6, 6.07) is 8.12. The zero-order valence-electron chi connectivity index (χ0n) is 23.8. The molecule has 38 heavy (non-hydrogen) atoms. The molecule has 3 N–H and O–H groups in total. The Labute approximate surface area is 226 Å². The first kappa shape index (κ1) is 28.6. The highest BCUT2D eigenvalue weighted by molar-refractivity contribution is 5.99. The van der Waals surface area contributed by atoms with Crippen LogP contribution >= 0.6 is 0 Å². The van der Waals surface area contributed by atoms with E-state index >= 15 is 0 Å². The lowest BCUT2D eigenvalue weighted by molar-refractivity contribution is -0.146. The number of benzene rings is 1. The summed E-state index contributed by atoms with van der Waals surface area (Å²) >= 11 is 0. The van der Waals surface area contributed by atoms with Crippen LogP contribution in [0.15, 0.2) is 30.3 Å². The van der Waals surface area contributed by atoms with Crippen molar-refractivity contribution in [1.82, 2.24) is 15.5 Å². The molecule has 0 aliphatic carbocycles. The molecular formula is C30H45N3O5. The average Bonchev–Trinajstić information content (AvgIpc) is 3.47. The number of likely N-dealkylation sites (tertiary alicyclic amines) is 1. The molecule has 8 nitrogen and oxygen atoms in total. The highest BCUT2D eigenvalue weighted by Gasteiger charge is 2.75. The van der Waals surface area contributed by atoms with Crippen molar-refractivity contribution in [3.63, 3.8) is 0 Å². The van der Waals surface area contributed by atoms with Gasteiger partial charge in [-0.05, 0) is 56.9 Å². The van der Waals surface area contributed by atoms with Gasteiger partial charge in [0.25, 0.3) is 0 Å². The third-order valence-corrected chi connectivity index (χ3v) is 8.19. The highest BCUT2D eigenvalue weighted by atomic mass is 16.5. The Hall–Kier alpha value is -2.45. The molecule has 3 amide bonds. The van der Waals surface area contributed by atoms with Crippen LogP contribution in [-0.4, -0.2) is 70.2 Å². The van der Waals surface area contributed by atoms with Crippen molar-refractivity contribution in [1.29, 1.82) is 0 Å². The lowest BCUT2D eigenvalue weighted by atomic mass is 9.70. The Morgan fingerprint density at radius 1 is 1.16 bits per heavy atom. The summed E-state index contributed by atoms with van der Waals surface area (Å²) in [7, 11) is 0. The quantitative estimate of drug-likeness (QED) is 0.434. The van der Waals surface area contributed by atoms with Gasteiger partial charge in [0.15, 0.2) is 0 Å². The molecule has 1 aromatic carbocycles. The second-order valence-corrected chi connectivity index (χ2v) is 13.2. The molecule has 0 aromatic heterocycles. The Morgan fingerprint density at radius 3 is 2.45 bits per heavy atom. The van der Waals surface area contributed by atoms with Gasteiger partial charge < -0.3 is 25.4 Å². The number of amides is 3. The highest BCUT2D eigenvalue weighted by Crippen LogP contribution is 2.59. The summed E-state index contributed by atoms with van der Waals surface area (Å²) in [4.78, 5) is 43.2. The van der Waals surface area contributed by atoms with Gasteiger partial charge in [-0.15, -0.1) is 0 Å². The van der Waals surface area contributed by atoms with Crippen LogP contribution in [0.25, 0.3) is 0 Å². The van der Waals surface area contributed by atoms with E-state index in [1.165, 1.54) is 0 Å². The van der Waals surface area contributed by atoms with E-state index in [0.717, 1.165) is 18.4 Å². The first-order valence-corrected chi connectivity index (χ1v) is 14.1. The van der Waals surface area contributed by atoms with E-state index in [1.54, 1.807) is 4.90 Å². The number of nitrogens with zero attached hydrogens (tertiary/aromatic N) is 1. The zero-order chi connectivity index (χ0) is 27.9. The van der Waals surface area contributed by atoms with E-state index in [0.29, 0.717) is 25.8 Å². The molecular weight excluding hydrogens is 482 g/mol. The normalized spacial score (nSPS) is 29.3. The van der Waals surface area contributed by atoms with Crippen molar-refractivity contribution in [3.8, 4) is 0 Å². The van der Waals surface area contributed by atoms with E-state index in [9.17, 15) is 19.5 Å². The molecule has 1 spiro atoms. The number of nitrogens with one attached hydrogen (secondary N) is 2. The summed E-state index contributed by atoms with van der Waals surface area (Å²) < 4.78 is 6.53. The molecule has 2 bridgehead atoms. The molecule has 210 valence electrons. The maximum atomic E-state index is 14.2. The first-order chi connectivity index (χ1) is 17.8. The van der Waals surface area contributed by atoms with Crippen molar-refractivity contribution in [2.45, 2.75) is 103 Å². The topological polar surface area (TPSA) is 108 Å². The summed E-state index contributed by atoms with van der Waals surface area (Å²) in [6.45, 7) is 12.6. The van der Waals surface area contributed by atoms with Crippen LogP contribution in [0.2, 0.25) is 0 Å². The largest absolute Gasteiger partial charge is 0.394 e. The van der Waals surface area contributed by atoms with E-state index in [1.807, 2.05) is 51.1 Å². The number of hydrogen-bond donors (Lipinski definition) is 3. The van der Waals surface area contributed by atoms with Crippen LogP contribution in [0, 0.1) is 17.3 Å². The van der Waals surface area contributed by atoms with Crippen molar-refractivity contribution in [2.24, 2.45) is 17.3 Å². The Morgan fingerprint density at radius 2 is 1.84 bits per heavy atom. The zero-order valence-corrected chi connectivity index (χ0v) is 23.8. The molecule has 4 rings (SSSR count).